The summed E-state index contributed by atoms with van der Waals surface area (Å²) < 4.78 is 1.41. The summed E-state index contributed by atoms with van der Waals surface area (Å²) in [6, 6.07) is 8.36. The van der Waals surface area contributed by atoms with Crippen LogP contribution in [0.15, 0.2) is 53.8 Å². The van der Waals surface area contributed by atoms with Gasteiger partial charge in [-0.2, -0.15) is 0 Å². The third kappa shape index (κ3) is 1.91. The molecular formula is C14H9N3O2. The topological polar surface area (TPSA) is 64.8 Å². The van der Waals surface area contributed by atoms with E-state index in [1.54, 1.807) is 42.7 Å². The molecule has 0 amide bonds. The zero-order valence-electron chi connectivity index (χ0n) is 9.85. The molecule has 0 fully saturated rings. The van der Waals surface area contributed by atoms with Gasteiger partial charge in [0.2, 0.25) is 0 Å². The number of nitrogens with zero attached hydrogens (tertiary/aromatic N) is 3. The number of hydrogen-bond donors (Lipinski definition) is 0. The van der Waals surface area contributed by atoms with Gasteiger partial charge >= 0.3 is 0 Å². The standard InChI is InChI=1S/C14H9N3O2/c18-8-10-3-4-13-12(6-10)14(19)17(9-16-13)11-2-1-5-15-7-11/h1-9H. The quantitative estimate of drug-likeness (QED) is 0.649. The zero-order chi connectivity index (χ0) is 13.2. The van der Waals surface area contributed by atoms with E-state index in [4.69, 9.17) is 0 Å². The fourth-order valence-electron chi connectivity index (χ4n) is 1.89. The number of carbonyl (C=O) groups excluding carboxylic acids is 1. The number of rotatable bonds is 2. The van der Waals surface area contributed by atoms with Gasteiger partial charge in [-0.3, -0.25) is 19.1 Å². The Morgan fingerprint density at radius 2 is 2.11 bits per heavy atom. The summed E-state index contributed by atoms with van der Waals surface area (Å²) >= 11 is 0. The highest BCUT2D eigenvalue weighted by molar-refractivity contribution is 5.86. The SMILES string of the molecule is O=Cc1ccc2ncn(-c3cccnc3)c(=O)c2c1. The Bertz CT molecular complexity index is 810. The predicted molar refractivity (Wildman–Crippen MR) is 70.5 cm³/mol. The predicted octanol–water partition coefficient (Wildman–Crippen LogP) is 1.59. The van der Waals surface area contributed by atoms with Crippen LogP contribution in [-0.4, -0.2) is 20.8 Å². The molecule has 1 aromatic carbocycles. The lowest BCUT2D eigenvalue weighted by Crippen LogP contribution is -2.19. The summed E-state index contributed by atoms with van der Waals surface area (Å²) in [6.45, 7) is 0. The van der Waals surface area contributed by atoms with Crippen molar-refractivity contribution in [1.29, 1.82) is 0 Å². The van der Waals surface area contributed by atoms with E-state index in [2.05, 4.69) is 9.97 Å². The van der Waals surface area contributed by atoms with Gasteiger partial charge in [0.1, 0.15) is 12.6 Å². The lowest BCUT2D eigenvalue weighted by Gasteiger charge is -2.05. The maximum atomic E-state index is 12.4. The Labute approximate surface area is 108 Å². The Balaban J connectivity index is 2.31. The maximum absolute atomic E-state index is 12.4. The third-order valence-electron chi connectivity index (χ3n) is 2.84. The highest BCUT2D eigenvalue weighted by Crippen LogP contribution is 2.10. The van der Waals surface area contributed by atoms with Crippen LogP contribution in [0.3, 0.4) is 0 Å². The summed E-state index contributed by atoms with van der Waals surface area (Å²) in [6.07, 6.45) is 5.38. The van der Waals surface area contributed by atoms with Crippen LogP contribution in [0.5, 0.6) is 0 Å². The van der Waals surface area contributed by atoms with Crippen LogP contribution >= 0.6 is 0 Å². The molecule has 2 aromatic heterocycles. The van der Waals surface area contributed by atoms with E-state index in [0.717, 1.165) is 0 Å². The second-order valence-corrected chi connectivity index (χ2v) is 4.03. The first-order valence-corrected chi connectivity index (χ1v) is 5.66. The monoisotopic (exact) mass is 251 g/mol. The van der Waals surface area contributed by atoms with Crippen molar-refractivity contribution in [3.8, 4) is 5.69 Å². The van der Waals surface area contributed by atoms with E-state index in [1.807, 2.05) is 0 Å². The fourth-order valence-corrected chi connectivity index (χ4v) is 1.89. The molecule has 0 aliphatic heterocycles. The number of pyridine rings is 1. The van der Waals surface area contributed by atoms with E-state index >= 15 is 0 Å². The Morgan fingerprint density at radius 3 is 2.84 bits per heavy atom. The van der Waals surface area contributed by atoms with Crippen molar-refractivity contribution in [3.05, 3.63) is 65.0 Å². The summed E-state index contributed by atoms with van der Waals surface area (Å²) in [5.41, 5.74) is 1.44. The van der Waals surface area contributed by atoms with E-state index in [9.17, 15) is 9.59 Å². The lowest BCUT2D eigenvalue weighted by molar-refractivity contribution is 0.112. The number of benzene rings is 1. The van der Waals surface area contributed by atoms with Crippen molar-refractivity contribution in [2.45, 2.75) is 0 Å². The molecule has 0 atom stereocenters. The van der Waals surface area contributed by atoms with Gasteiger partial charge in [-0.05, 0) is 30.3 Å². The number of aldehydes is 1. The zero-order valence-corrected chi connectivity index (χ0v) is 9.85. The van der Waals surface area contributed by atoms with Crippen molar-refractivity contribution in [3.63, 3.8) is 0 Å². The van der Waals surface area contributed by atoms with E-state index < -0.39 is 0 Å². The highest BCUT2D eigenvalue weighted by Gasteiger charge is 2.06. The smallest absolute Gasteiger partial charge is 0.265 e. The molecule has 0 aliphatic carbocycles. The van der Waals surface area contributed by atoms with E-state index in [0.29, 0.717) is 28.4 Å². The van der Waals surface area contributed by atoms with Crippen LogP contribution in [0.25, 0.3) is 16.6 Å². The van der Waals surface area contributed by atoms with Gasteiger partial charge in [0, 0.05) is 11.8 Å². The molecule has 0 radical (unpaired) electrons. The first-order valence-electron chi connectivity index (χ1n) is 5.66. The van der Waals surface area contributed by atoms with Crippen molar-refractivity contribution in [2.24, 2.45) is 0 Å². The van der Waals surface area contributed by atoms with Crippen molar-refractivity contribution in [2.75, 3.05) is 0 Å². The number of aromatic nitrogens is 3. The summed E-state index contributed by atoms with van der Waals surface area (Å²) in [5, 5.41) is 0.413. The molecule has 0 saturated heterocycles. The minimum atomic E-state index is -0.221. The number of fused-ring (bicyclic) bond motifs is 1. The van der Waals surface area contributed by atoms with Gasteiger partial charge in [-0.15, -0.1) is 0 Å². The number of hydrogen-bond acceptors (Lipinski definition) is 4. The molecule has 0 saturated carbocycles. The Morgan fingerprint density at radius 1 is 1.21 bits per heavy atom. The van der Waals surface area contributed by atoms with Crippen LogP contribution < -0.4 is 5.56 Å². The maximum Gasteiger partial charge on any atom is 0.265 e. The Kier molecular flexibility index (Phi) is 2.64. The molecule has 0 N–H and O–H groups in total. The lowest BCUT2D eigenvalue weighted by atomic mass is 10.1. The molecule has 5 nitrogen and oxygen atoms in total. The molecule has 92 valence electrons. The van der Waals surface area contributed by atoms with Gasteiger partial charge in [0.05, 0.1) is 22.8 Å². The minimum absolute atomic E-state index is 0.221. The second kappa shape index (κ2) is 4.45. The van der Waals surface area contributed by atoms with E-state index in [1.165, 1.54) is 10.9 Å². The molecule has 3 aromatic rings. The van der Waals surface area contributed by atoms with E-state index in [-0.39, 0.29) is 5.56 Å². The first kappa shape index (κ1) is 11.3. The average Bonchev–Trinajstić information content (AvgIpc) is 2.48. The van der Waals surface area contributed by atoms with Crippen molar-refractivity contribution in [1.82, 2.24) is 14.5 Å². The van der Waals surface area contributed by atoms with Crippen molar-refractivity contribution < 1.29 is 4.79 Å². The molecular weight excluding hydrogens is 242 g/mol. The molecule has 19 heavy (non-hydrogen) atoms. The minimum Gasteiger partial charge on any atom is -0.298 e. The number of carbonyl (C=O) groups is 1. The molecule has 3 rings (SSSR count). The highest BCUT2D eigenvalue weighted by atomic mass is 16.1. The average molecular weight is 251 g/mol. The molecule has 2 heterocycles. The molecule has 0 unspecified atom stereocenters. The van der Waals surface area contributed by atoms with Gasteiger partial charge in [0.25, 0.3) is 5.56 Å². The van der Waals surface area contributed by atoms with Gasteiger partial charge in [-0.25, -0.2) is 4.98 Å². The van der Waals surface area contributed by atoms with Crippen LogP contribution in [0.4, 0.5) is 0 Å². The van der Waals surface area contributed by atoms with Crippen LogP contribution in [0.1, 0.15) is 10.4 Å². The third-order valence-corrected chi connectivity index (χ3v) is 2.84. The van der Waals surface area contributed by atoms with Crippen LogP contribution in [0.2, 0.25) is 0 Å². The van der Waals surface area contributed by atoms with Gasteiger partial charge < -0.3 is 0 Å². The summed E-state index contributed by atoms with van der Waals surface area (Å²) in [7, 11) is 0. The Hall–Kier alpha value is -2.82. The van der Waals surface area contributed by atoms with Crippen LogP contribution in [0, 0.1) is 0 Å². The summed E-state index contributed by atoms with van der Waals surface area (Å²) in [5.74, 6) is 0. The largest absolute Gasteiger partial charge is 0.298 e. The van der Waals surface area contributed by atoms with Crippen LogP contribution in [-0.2, 0) is 0 Å². The normalized spacial score (nSPS) is 10.5. The molecule has 0 bridgehead atoms. The summed E-state index contributed by atoms with van der Waals surface area (Å²) in [4.78, 5) is 31.3. The van der Waals surface area contributed by atoms with Crippen molar-refractivity contribution >= 4 is 17.2 Å². The second-order valence-electron chi connectivity index (χ2n) is 4.03. The van der Waals surface area contributed by atoms with Gasteiger partial charge in [0.15, 0.2) is 0 Å². The molecule has 0 spiro atoms. The molecule has 5 heteroatoms. The molecule has 0 aliphatic rings. The van der Waals surface area contributed by atoms with Gasteiger partial charge in [-0.1, -0.05) is 0 Å². The fraction of sp³-hybridized carbons (Fsp3) is 0. The first-order chi connectivity index (χ1) is 9.29.